The van der Waals surface area contributed by atoms with Crippen LogP contribution in [0.4, 0.5) is 0 Å². The molecule has 1 atom stereocenters. The van der Waals surface area contributed by atoms with Crippen LogP contribution in [0.15, 0.2) is 0 Å². The first kappa shape index (κ1) is 10.8. The predicted molar refractivity (Wildman–Crippen MR) is 47.9 cm³/mol. The van der Waals surface area contributed by atoms with Gasteiger partial charge >= 0.3 is 5.97 Å². The molecule has 0 aliphatic heterocycles. The van der Waals surface area contributed by atoms with Crippen LogP contribution in [0.3, 0.4) is 0 Å². The summed E-state index contributed by atoms with van der Waals surface area (Å²) in [5.41, 5.74) is 5.28. The van der Waals surface area contributed by atoms with Gasteiger partial charge in [0.05, 0.1) is 0 Å². The molecule has 0 rings (SSSR count). The van der Waals surface area contributed by atoms with Crippen LogP contribution < -0.4 is 5.73 Å². The van der Waals surface area contributed by atoms with E-state index >= 15 is 0 Å². The van der Waals surface area contributed by atoms with Crippen LogP contribution in [-0.4, -0.2) is 22.9 Å². The maximum absolute atomic E-state index is 10.2. The van der Waals surface area contributed by atoms with Crippen molar-refractivity contribution in [3.05, 3.63) is 0 Å². The molecule has 0 unspecified atom stereocenters. The van der Waals surface area contributed by atoms with Gasteiger partial charge in [-0.05, 0) is 18.6 Å². The summed E-state index contributed by atoms with van der Waals surface area (Å²) >= 11 is 4.04. The summed E-state index contributed by atoms with van der Waals surface area (Å²) in [6.45, 7) is 0. The molecule has 0 amide bonds. The second-order valence-electron chi connectivity index (χ2n) is 2.52. The number of unbranched alkanes of at least 4 members (excludes halogenated alkanes) is 2. The van der Waals surface area contributed by atoms with E-state index in [9.17, 15) is 4.79 Å². The molecule has 3 N–H and O–H groups in total. The van der Waals surface area contributed by atoms with Crippen molar-refractivity contribution in [3.8, 4) is 0 Å². The van der Waals surface area contributed by atoms with Gasteiger partial charge in [-0.1, -0.05) is 12.8 Å². The molecule has 0 bridgehead atoms. The summed E-state index contributed by atoms with van der Waals surface area (Å²) in [6.07, 6.45) is 3.51. The molecule has 4 heteroatoms. The lowest BCUT2D eigenvalue weighted by Crippen LogP contribution is -2.29. The van der Waals surface area contributed by atoms with Crippen molar-refractivity contribution in [1.82, 2.24) is 0 Å². The predicted octanol–water partition coefficient (Wildman–Crippen LogP) is 0.888. The summed E-state index contributed by atoms with van der Waals surface area (Å²) < 4.78 is 0. The Morgan fingerprint density at radius 3 is 2.55 bits per heavy atom. The molecule has 0 aliphatic rings. The zero-order chi connectivity index (χ0) is 8.69. The quantitative estimate of drug-likeness (QED) is 0.417. The van der Waals surface area contributed by atoms with Crippen LogP contribution in [0.25, 0.3) is 0 Å². The molecule has 0 fully saturated rings. The minimum atomic E-state index is -0.907. The Bertz CT molecular complexity index is 119. The molecule has 0 spiro atoms. The fraction of sp³-hybridized carbons (Fsp3) is 0.857. The van der Waals surface area contributed by atoms with Gasteiger partial charge in [-0.15, -0.1) is 0 Å². The first-order chi connectivity index (χ1) is 5.18. The third-order valence-electron chi connectivity index (χ3n) is 1.49. The van der Waals surface area contributed by atoms with E-state index in [1.165, 1.54) is 0 Å². The lowest BCUT2D eigenvalue weighted by Gasteiger charge is -2.04. The van der Waals surface area contributed by atoms with Gasteiger partial charge < -0.3 is 10.8 Å². The first-order valence-corrected chi connectivity index (χ1v) is 4.41. The van der Waals surface area contributed by atoms with Gasteiger partial charge in [0.15, 0.2) is 0 Å². The van der Waals surface area contributed by atoms with E-state index in [-0.39, 0.29) is 0 Å². The van der Waals surface area contributed by atoms with E-state index in [1.807, 2.05) is 0 Å². The second kappa shape index (κ2) is 6.49. The number of nitrogens with two attached hydrogens (primary N) is 1. The minimum Gasteiger partial charge on any atom is -0.480 e. The number of hydrogen-bond donors (Lipinski definition) is 3. The molecule has 0 aromatic heterocycles. The van der Waals surface area contributed by atoms with Gasteiger partial charge in [-0.3, -0.25) is 4.79 Å². The number of carboxylic acid groups (broad SMARTS) is 1. The van der Waals surface area contributed by atoms with E-state index in [4.69, 9.17) is 10.8 Å². The number of aliphatic carboxylic acids is 1. The molecule has 3 nitrogen and oxygen atoms in total. The fourth-order valence-electron chi connectivity index (χ4n) is 0.776. The summed E-state index contributed by atoms with van der Waals surface area (Å²) in [6, 6.07) is -0.685. The van der Waals surface area contributed by atoms with Crippen LogP contribution in [0.1, 0.15) is 25.7 Å². The van der Waals surface area contributed by atoms with Gasteiger partial charge in [0.25, 0.3) is 0 Å². The topological polar surface area (TPSA) is 63.3 Å². The Hall–Kier alpha value is -0.220. The summed E-state index contributed by atoms with van der Waals surface area (Å²) in [5.74, 6) is -0.0432. The molecule has 0 radical (unpaired) electrons. The Balaban J connectivity index is 3.17. The van der Waals surface area contributed by atoms with Crippen molar-refractivity contribution in [1.29, 1.82) is 0 Å². The highest BCUT2D eigenvalue weighted by Gasteiger charge is 2.09. The zero-order valence-corrected chi connectivity index (χ0v) is 7.39. The highest BCUT2D eigenvalue weighted by Crippen LogP contribution is 2.02. The molecule has 0 aromatic carbocycles. The zero-order valence-electron chi connectivity index (χ0n) is 6.49. The molecular weight excluding hydrogens is 162 g/mol. The lowest BCUT2D eigenvalue weighted by atomic mass is 10.1. The average Bonchev–Trinajstić information content (AvgIpc) is 1.97. The van der Waals surface area contributed by atoms with Gasteiger partial charge in [-0.2, -0.15) is 12.6 Å². The van der Waals surface area contributed by atoms with E-state index < -0.39 is 12.0 Å². The van der Waals surface area contributed by atoms with Crippen LogP contribution in [0.5, 0.6) is 0 Å². The Kier molecular flexibility index (Phi) is 6.36. The molecule has 11 heavy (non-hydrogen) atoms. The van der Waals surface area contributed by atoms with Crippen LogP contribution in [0, 0.1) is 0 Å². The van der Waals surface area contributed by atoms with E-state index in [0.717, 1.165) is 25.0 Å². The Morgan fingerprint density at radius 1 is 1.45 bits per heavy atom. The minimum absolute atomic E-state index is 0.573. The maximum Gasteiger partial charge on any atom is 0.320 e. The first-order valence-electron chi connectivity index (χ1n) is 3.77. The molecule has 0 aliphatic carbocycles. The largest absolute Gasteiger partial charge is 0.480 e. The van der Waals surface area contributed by atoms with Crippen LogP contribution in [0.2, 0.25) is 0 Å². The van der Waals surface area contributed by atoms with Crippen molar-refractivity contribution < 1.29 is 9.90 Å². The average molecular weight is 177 g/mol. The highest BCUT2D eigenvalue weighted by atomic mass is 32.1. The van der Waals surface area contributed by atoms with Gasteiger partial charge in [0.1, 0.15) is 6.04 Å². The van der Waals surface area contributed by atoms with Crippen molar-refractivity contribution in [3.63, 3.8) is 0 Å². The smallest absolute Gasteiger partial charge is 0.320 e. The van der Waals surface area contributed by atoms with Crippen LogP contribution in [-0.2, 0) is 4.79 Å². The molecule has 0 aromatic rings. The molecule has 0 saturated heterocycles. The molecule has 0 heterocycles. The van der Waals surface area contributed by atoms with E-state index in [0.29, 0.717) is 6.42 Å². The fourth-order valence-corrected chi connectivity index (χ4v) is 1.000. The number of hydrogen-bond acceptors (Lipinski definition) is 3. The van der Waals surface area contributed by atoms with Gasteiger partial charge in [0, 0.05) is 0 Å². The lowest BCUT2D eigenvalue weighted by molar-refractivity contribution is -0.138. The highest BCUT2D eigenvalue weighted by molar-refractivity contribution is 7.80. The van der Waals surface area contributed by atoms with Crippen LogP contribution >= 0.6 is 12.6 Å². The maximum atomic E-state index is 10.2. The third kappa shape index (κ3) is 6.19. The Morgan fingerprint density at radius 2 is 2.09 bits per heavy atom. The van der Waals surface area contributed by atoms with E-state index in [1.54, 1.807) is 0 Å². The number of carbonyl (C=O) groups is 1. The Labute approximate surface area is 72.4 Å². The van der Waals surface area contributed by atoms with Gasteiger partial charge in [-0.25, -0.2) is 0 Å². The number of carboxylic acids is 1. The van der Waals surface area contributed by atoms with Gasteiger partial charge in [0.2, 0.25) is 0 Å². The summed E-state index contributed by atoms with van der Waals surface area (Å²) in [5, 5.41) is 8.40. The SMILES string of the molecule is N[C@@H](CCCCCS)C(=O)O. The number of thiol groups is 1. The summed E-state index contributed by atoms with van der Waals surface area (Å²) in [4.78, 5) is 10.2. The number of rotatable bonds is 6. The van der Waals surface area contributed by atoms with E-state index in [2.05, 4.69) is 12.6 Å². The monoisotopic (exact) mass is 177 g/mol. The normalized spacial score (nSPS) is 12.9. The third-order valence-corrected chi connectivity index (χ3v) is 1.81. The molecule has 0 saturated carbocycles. The summed E-state index contributed by atoms with van der Waals surface area (Å²) in [7, 11) is 0. The second-order valence-corrected chi connectivity index (χ2v) is 2.96. The molecular formula is C7H15NO2S. The molecule has 66 valence electrons. The van der Waals surface area contributed by atoms with Crippen molar-refractivity contribution in [2.24, 2.45) is 5.73 Å². The van der Waals surface area contributed by atoms with Crippen molar-refractivity contribution >= 4 is 18.6 Å². The standard InChI is InChI=1S/C7H15NO2S/c8-6(7(9)10)4-2-1-3-5-11/h6,11H,1-5,8H2,(H,9,10)/t6-/m0/s1. The van der Waals surface area contributed by atoms with Crippen molar-refractivity contribution in [2.75, 3.05) is 5.75 Å². The van der Waals surface area contributed by atoms with Crippen molar-refractivity contribution in [2.45, 2.75) is 31.7 Å².